The maximum Gasteiger partial charge on any atom is 0.267 e. The number of unbranched alkanes of at least 4 members (excludes halogenated alkanes) is 1. The Balaban J connectivity index is 1.76. The number of carbonyl (C=O) groups excluding carboxylic acids is 1. The minimum atomic E-state index is -0.149. The number of amides is 1. The number of hydrogen-bond donors (Lipinski definition) is 0. The summed E-state index contributed by atoms with van der Waals surface area (Å²) in [6.07, 6.45) is 9.06. The predicted octanol–water partition coefficient (Wildman–Crippen LogP) is 5.90. The van der Waals surface area contributed by atoms with Crippen LogP contribution in [0.4, 0.5) is 5.82 Å². The van der Waals surface area contributed by atoms with Gasteiger partial charge in [-0.05, 0) is 55.2 Å². The number of rotatable bonds is 8. The van der Waals surface area contributed by atoms with Crippen molar-refractivity contribution < 1.29 is 4.79 Å². The SMILES string of the molecule is CCCC[C@@H](CC)CN1C(=O)/C(=C\c2c(N3C[C@H](C)C[C@H](C)C3)nc3c(C)cccn3c2=O)SC1=S. The third-order valence-corrected chi connectivity index (χ3v) is 8.74. The van der Waals surface area contributed by atoms with Crippen LogP contribution in [-0.2, 0) is 4.79 Å². The largest absolute Gasteiger partial charge is 0.355 e. The van der Waals surface area contributed by atoms with Crippen molar-refractivity contribution in [3.05, 3.63) is 44.7 Å². The molecule has 2 aromatic rings. The zero-order chi connectivity index (χ0) is 26.0. The zero-order valence-corrected chi connectivity index (χ0v) is 23.8. The van der Waals surface area contributed by atoms with Crippen molar-refractivity contribution in [1.29, 1.82) is 0 Å². The van der Waals surface area contributed by atoms with E-state index in [9.17, 15) is 9.59 Å². The Labute approximate surface area is 224 Å². The predicted molar refractivity (Wildman–Crippen MR) is 155 cm³/mol. The molecule has 0 saturated carbocycles. The molecule has 4 heterocycles. The molecular formula is C28H38N4O2S2. The number of fused-ring (bicyclic) bond motifs is 1. The van der Waals surface area contributed by atoms with Gasteiger partial charge in [-0.3, -0.25) is 18.9 Å². The van der Waals surface area contributed by atoms with E-state index in [2.05, 4.69) is 32.6 Å². The lowest BCUT2D eigenvalue weighted by Gasteiger charge is -2.36. The smallest absolute Gasteiger partial charge is 0.267 e. The standard InChI is InChI=1S/C28H38N4O2S2/c1-6-8-11-21(7-2)17-32-27(34)23(36-28(32)35)14-22-25(30-15-18(3)13-19(4)16-30)29-24-20(5)10-9-12-31(24)26(22)33/h9-10,12,14,18-19,21H,6-8,11,13,15-17H2,1-5H3/b23-14+/t18-,19+,21-/m1/s1. The Morgan fingerprint density at radius 3 is 2.61 bits per heavy atom. The van der Waals surface area contributed by atoms with Gasteiger partial charge < -0.3 is 4.90 Å². The molecule has 0 aliphatic carbocycles. The van der Waals surface area contributed by atoms with E-state index >= 15 is 0 Å². The summed E-state index contributed by atoms with van der Waals surface area (Å²) in [6, 6.07) is 3.83. The second-order valence-electron chi connectivity index (χ2n) is 10.6. The average molecular weight is 527 g/mol. The van der Waals surface area contributed by atoms with E-state index in [-0.39, 0.29) is 11.5 Å². The summed E-state index contributed by atoms with van der Waals surface area (Å²) in [6.45, 7) is 13.1. The molecule has 2 aliphatic heterocycles. The van der Waals surface area contributed by atoms with E-state index in [4.69, 9.17) is 17.2 Å². The molecule has 1 amide bonds. The van der Waals surface area contributed by atoms with Crippen LogP contribution in [0.15, 0.2) is 28.0 Å². The molecule has 0 spiro atoms. The third-order valence-electron chi connectivity index (χ3n) is 7.37. The average Bonchev–Trinajstić information content (AvgIpc) is 3.10. The molecular weight excluding hydrogens is 488 g/mol. The topological polar surface area (TPSA) is 57.9 Å². The van der Waals surface area contributed by atoms with Crippen LogP contribution in [0.2, 0.25) is 0 Å². The Hall–Kier alpha value is -2.19. The minimum Gasteiger partial charge on any atom is -0.355 e. The highest BCUT2D eigenvalue weighted by Crippen LogP contribution is 2.35. The van der Waals surface area contributed by atoms with Crippen LogP contribution in [0.3, 0.4) is 0 Å². The van der Waals surface area contributed by atoms with Gasteiger partial charge in [0.1, 0.15) is 15.8 Å². The van der Waals surface area contributed by atoms with Crippen LogP contribution in [-0.4, -0.2) is 44.1 Å². The van der Waals surface area contributed by atoms with Crippen LogP contribution >= 0.6 is 24.0 Å². The molecule has 2 aliphatic rings. The van der Waals surface area contributed by atoms with Gasteiger partial charge in [-0.15, -0.1) is 0 Å². The van der Waals surface area contributed by atoms with Crippen molar-refractivity contribution in [3.63, 3.8) is 0 Å². The number of aryl methyl sites for hydroxylation is 1. The third kappa shape index (κ3) is 5.54. The molecule has 3 atom stereocenters. The number of hydrogen-bond acceptors (Lipinski definition) is 6. The molecule has 2 aromatic heterocycles. The van der Waals surface area contributed by atoms with Crippen molar-refractivity contribution in [2.45, 2.75) is 66.7 Å². The van der Waals surface area contributed by atoms with Crippen molar-refractivity contribution in [3.8, 4) is 0 Å². The highest BCUT2D eigenvalue weighted by Gasteiger charge is 2.34. The monoisotopic (exact) mass is 526 g/mol. The Morgan fingerprint density at radius 2 is 1.94 bits per heavy atom. The Kier molecular flexibility index (Phi) is 8.56. The van der Waals surface area contributed by atoms with Gasteiger partial charge in [0.15, 0.2) is 0 Å². The molecule has 194 valence electrons. The lowest BCUT2D eigenvalue weighted by Crippen LogP contribution is -2.40. The molecule has 0 aromatic carbocycles. The summed E-state index contributed by atoms with van der Waals surface area (Å²) in [4.78, 5) is 36.7. The number of thiocarbonyl (C=S) groups is 1. The molecule has 0 N–H and O–H groups in total. The van der Waals surface area contributed by atoms with E-state index < -0.39 is 0 Å². The van der Waals surface area contributed by atoms with Gasteiger partial charge in [0.05, 0.1) is 10.5 Å². The summed E-state index contributed by atoms with van der Waals surface area (Å²) in [5.74, 6) is 2.01. The van der Waals surface area contributed by atoms with E-state index in [0.29, 0.717) is 50.6 Å². The molecule has 0 bridgehead atoms. The van der Waals surface area contributed by atoms with Crippen molar-refractivity contribution in [2.75, 3.05) is 24.5 Å². The maximum atomic E-state index is 13.8. The molecule has 8 heteroatoms. The number of nitrogens with zero attached hydrogens (tertiary/aromatic N) is 4. The number of thioether (sulfide) groups is 1. The normalized spacial score (nSPS) is 22.8. The highest BCUT2D eigenvalue weighted by molar-refractivity contribution is 8.26. The first-order valence-electron chi connectivity index (χ1n) is 13.3. The second-order valence-corrected chi connectivity index (χ2v) is 12.3. The van der Waals surface area contributed by atoms with Gasteiger partial charge in [0, 0.05) is 25.8 Å². The van der Waals surface area contributed by atoms with Crippen molar-refractivity contribution in [2.24, 2.45) is 17.8 Å². The highest BCUT2D eigenvalue weighted by atomic mass is 32.2. The van der Waals surface area contributed by atoms with E-state index in [0.717, 1.165) is 50.8 Å². The van der Waals surface area contributed by atoms with Crippen molar-refractivity contribution >= 4 is 51.7 Å². The maximum absolute atomic E-state index is 13.8. The molecule has 36 heavy (non-hydrogen) atoms. The van der Waals surface area contributed by atoms with Crippen LogP contribution < -0.4 is 10.5 Å². The van der Waals surface area contributed by atoms with Crippen LogP contribution in [0.25, 0.3) is 11.7 Å². The number of aromatic nitrogens is 2. The Bertz CT molecular complexity index is 1230. The summed E-state index contributed by atoms with van der Waals surface area (Å²) in [5.41, 5.74) is 1.93. The van der Waals surface area contributed by atoms with Crippen LogP contribution in [0.5, 0.6) is 0 Å². The summed E-state index contributed by atoms with van der Waals surface area (Å²) >= 11 is 6.92. The lowest BCUT2D eigenvalue weighted by atomic mass is 9.91. The van der Waals surface area contributed by atoms with E-state index in [1.807, 2.05) is 19.1 Å². The second kappa shape index (κ2) is 11.5. The number of pyridine rings is 1. The fourth-order valence-corrected chi connectivity index (χ4v) is 6.72. The van der Waals surface area contributed by atoms with Gasteiger partial charge in [0.2, 0.25) is 0 Å². The summed E-state index contributed by atoms with van der Waals surface area (Å²) in [7, 11) is 0. The zero-order valence-electron chi connectivity index (χ0n) is 22.1. The molecule has 4 rings (SSSR count). The fourth-order valence-electron chi connectivity index (χ4n) is 5.47. The van der Waals surface area contributed by atoms with Crippen molar-refractivity contribution in [1.82, 2.24) is 14.3 Å². The fraction of sp³-hybridized carbons (Fsp3) is 0.571. The quantitative estimate of drug-likeness (QED) is 0.315. The van der Waals surface area contributed by atoms with Crippen LogP contribution in [0.1, 0.15) is 70.9 Å². The van der Waals surface area contributed by atoms with E-state index in [1.165, 1.54) is 11.8 Å². The molecule has 2 saturated heterocycles. The molecule has 0 radical (unpaired) electrons. The number of anilines is 1. The van der Waals surface area contributed by atoms with Gasteiger partial charge >= 0.3 is 0 Å². The first-order chi connectivity index (χ1) is 17.2. The molecule has 0 unspecified atom stereocenters. The minimum absolute atomic E-state index is 0.0972. The van der Waals surface area contributed by atoms with Crippen LogP contribution in [0, 0.1) is 24.7 Å². The van der Waals surface area contributed by atoms with Gasteiger partial charge in [-0.2, -0.15) is 0 Å². The number of carbonyl (C=O) groups is 1. The molecule has 6 nitrogen and oxygen atoms in total. The number of piperidine rings is 1. The van der Waals surface area contributed by atoms with E-state index in [1.54, 1.807) is 21.6 Å². The molecule has 2 fully saturated rings. The van der Waals surface area contributed by atoms with Gasteiger partial charge in [-0.1, -0.05) is 77.0 Å². The van der Waals surface area contributed by atoms with Gasteiger partial charge in [-0.25, -0.2) is 4.98 Å². The summed E-state index contributed by atoms with van der Waals surface area (Å²) < 4.78 is 2.17. The first-order valence-corrected chi connectivity index (χ1v) is 14.5. The Morgan fingerprint density at radius 1 is 1.22 bits per heavy atom. The summed E-state index contributed by atoms with van der Waals surface area (Å²) in [5, 5.41) is 0. The first kappa shape index (κ1) is 26.9. The lowest BCUT2D eigenvalue weighted by molar-refractivity contribution is -0.122. The van der Waals surface area contributed by atoms with Gasteiger partial charge in [0.25, 0.3) is 11.5 Å².